The topological polar surface area (TPSA) is 116 Å². The van der Waals surface area contributed by atoms with Crippen molar-refractivity contribution in [3.8, 4) is 0 Å². The van der Waals surface area contributed by atoms with Crippen LogP contribution in [-0.4, -0.2) is 73.6 Å². The second kappa shape index (κ2) is 36.0. The molecule has 0 aromatic carbocycles. The number of aliphatic hydroxyl groups excluding tert-OH is 3. The van der Waals surface area contributed by atoms with Crippen molar-refractivity contribution in [3.05, 3.63) is 0 Å². The molecule has 7 nitrogen and oxygen atoms in total. The van der Waals surface area contributed by atoms with Gasteiger partial charge in [0.2, 0.25) is 0 Å². The van der Waals surface area contributed by atoms with Gasteiger partial charge in [-0.1, -0.05) is 0 Å². The number of carboxylic acid groups (broad SMARTS) is 1. The van der Waals surface area contributed by atoms with Crippen LogP contribution in [0, 0.1) is 0 Å². The first kappa shape index (κ1) is 30.9. The van der Waals surface area contributed by atoms with Gasteiger partial charge in [0.05, 0.1) is 12.7 Å². The van der Waals surface area contributed by atoms with Gasteiger partial charge in [-0.3, -0.25) is 4.79 Å². The summed E-state index contributed by atoms with van der Waals surface area (Å²) in [4.78, 5) is 9.00. The van der Waals surface area contributed by atoms with Gasteiger partial charge in [-0.25, -0.2) is 0 Å². The SMILES string of the molecule is CC(=O)O.CC(C)O.CC(O)CO.COC.COC. The predicted molar refractivity (Wildman–Crippen MR) is 75.3 cm³/mol. The van der Waals surface area contributed by atoms with Crippen LogP contribution in [-0.2, 0) is 14.3 Å². The molecule has 0 radical (unpaired) electrons. The fourth-order valence-electron chi connectivity index (χ4n) is 0. The lowest BCUT2D eigenvalue weighted by Crippen LogP contribution is -2.03. The number of aliphatic hydroxyl groups is 3. The predicted octanol–water partition coefficient (Wildman–Crippen LogP) is 0.363. The summed E-state index contributed by atoms with van der Waals surface area (Å²) in [5.74, 6) is -0.833. The van der Waals surface area contributed by atoms with Gasteiger partial charge in [-0.05, 0) is 20.8 Å². The number of hydrogen-bond donors (Lipinski definition) is 4. The van der Waals surface area contributed by atoms with E-state index in [9.17, 15) is 0 Å². The number of ether oxygens (including phenoxy) is 2. The van der Waals surface area contributed by atoms with E-state index >= 15 is 0 Å². The fourth-order valence-corrected chi connectivity index (χ4v) is 0. The molecule has 122 valence electrons. The fraction of sp³-hybridized carbons (Fsp3) is 0.917. The van der Waals surface area contributed by atoms with Crippen LogP contribution in [0.5, 0.6) is 0 Å². The summed E-state index contributed by atoms with van der Waals surface area (Å²) in [7, 11) is 6.50. The number of methoxy groups -OCH3 is 2. The highest BCUT2D eigenvalue weighted by Gasteiger charge is 1.83. The van der Waals surface area contributed by atoms with Crippen LogP contribution in [0.2, 0.25) is 0 Å². The number of rotatable bonds is 1. The zero-order valence-electron chi connectivity index (χ0n) is 13.4. The van der Waals surface area contributed by atoms with E-state index in [1.807, 2.05) is 0 Å². The van der Waals surface area contributed by atoms with Crippen LogP contribution >= 0.6 is 0 Å². The van der Waals surface area contributed by atoms with Crippen molar-refractivity contribution < 1.29 is 34.7 Å². The Bertz CT molecular complexity index is 118. The molecule has 0 fully saturated rings. The van der Waals surface area contributed by atoms with E-state index < -0.39 is 12.1 Å². The minimum absolute atomic E-state index is 0.139. The average Bonchev–Trinajstić information content (AvgIpc) is 2.18. The molecule has 19 heavy (non-hydrogen) atoms. The Balaban J connectivity index is -0.0000000437. The number of carbonyl (C=O) groups is 1. The Hall–Kier alpha value is -0.730. The molecule has 1 atom stereocenters. The van der Waals surface area contributed by atoms with Crippen LogP contribution in [0.4, 0.5) is 0 Å². The zero-order chi connectivity index (χ0) is 16.9. The third-order valence-corrected chi connectivity index (χ3v) is 0.264. The monoisotopic (exact) mass is 288 g/mol. The lowest BCUT2D eigenvalue weighted by Gasteiger charge is -1.90. The molecule has 0 bridgehead atoms. The average molecular weight is 288 g/mol. The zero-order valence-corrected chi connectivity index (χ0v) is 13.4. The number of carboxylic acids is 1. The maximum absolute atomic E-state index is 9.00. The standard InChI is InChI=1S/C3H8O2.C3H8O.C2H4O2.2C2H6O/c1-3(5)2-4;1-3(2)4;1-2(3)4;2*1-3-2/h3-5H,2H2,1H3;3-4H,1-2H3;1H3,(H,3,4);2*1-2H3. The molecule has 0 aliphatic rings. The summed E-state index contributed by atoms with van der Waals surface area (Å²) in [6.45, 7) is 5.92. The van der Waals surface area contributed by atoms with Gasteiger partial charge >= 0.3 is 0 Å². The van der Waals surface area contributed by atoms with E-state index in [-0.39, 0.29) is 12.7 Å². The van der Waals surface area contributed by atoms with Gasteiger partial charge in [-0.15, -0.1) is 0 Å². The molecule has 4 N–H and O–H groups in total. The van der Waals surface area contributed by atoms with Crippen molar-refractivity contribution in [1.82, 2.24) is 0 Å². The summed E-state index contributed by atoms with van der Waals surface area (Å²) >= 11 is 0. The second-order valence-corrected chi connectivity index (χ2v) is 3.46. The van der Waals surface area contributed by atoms with Gasteiger partial charge < -0.3 is 29.9 Å². The molecule has 0 spiro atoms. The molecule has 0 saturated carbocycles. The third-order valence-electron chi connectivity index (χ3n) is 0.264. The Kier molecular flexibility index (Phi) is 58.6. The van der Waals surface area contributed by atoms with Crippen molar-refractivity contribution in [2.75, 3.05) is 35.0 Å². The van der Waals surface area contributed by atoms with Crippen LogP contribution < -0.4 is 0 Å². The van der Waals surface area contributed by atoms with Gasteiger partial charge in [-0.2, -0.15) is 0 Å². The van der Waals surface area contributed by atoms with Crippen molar-refractivity contribution in [2.45, 2.75) is 39.9 Å². The Morgan fingerprint density at radius 2 is 1.05 bits per heavy atom. The van der Waals surface area contributed by atoms with Crippen LogP contribution in [0.25, 0.3) is 0 Å². The summed E-state index contributed by atoms with van der Waals surface area (Å²) in [6, 6.07) is 0. The third kappa shape index (κ3) is 2500. The molecule has 0 rings (SSSR count). The molecule has 1 unspecified atom stereocenters. The molecule has 0 heterocycles. The second-order valence-electron chi connectivity index (χ2n) is 3.46. The van der Waals surface area contributed by atoms with Crippen LogP contribution in [0.15, 0.2) is 0 Å². The summed E-state index contributed by atoms with van der Waals surface area (Å²) in [5, 5.41) is 31.5. The minimum atomic E-state index is -0.833. The quantitative estimate of drug-likeness (QED) is 0.550. The molecule has 0 aliphatic carbocycles. The van der Waals surface area contributed by atoms with Crippen molar-refractivity contribution in [2.24, 2.45) is 0 Å². The van der Waals surface area contributed by atoms with Crippen molar-refractivity contribution >= 4 is 5.97 Å². The first-order valence-corrected chi connectivity index (χ1v) is 5.53. The molecule has 0 aromatic heterocycles. The Labute approximate surface area is 116 Å². The van der Waals surface area contributed by atoms with Crippen LogP contribution in [0.3, 0.4) is 0 Å². The van der Waals surface area contributed by atoms with E-state index in [0.717, 1.165) is 6.92 Å². The van der Waals surface area contributed by atoms with E-state index in [4.69, 9.17) is 25.2 Å². The van der Waals surface area contributed by atoms with Crippen LogP contribution in [0.1, 0.15) is 27.7 Å². The molecular weight excluding hydrogens is 256 g/mol. The lowest BCUT2D eigenvalue weighted by atomic mass is 10.5. The van der Waals surface area contributed by atoms with Gasteiger partial charge in [0.15, 0.2) is 0 Å². The normalized spacial score (nSPS) is 9.05. The van der Waals surface area contributed by atoms with E-state index in [1.165, 1.54) is 6.92 Å². The molecular formula is C12H32O7. The van der Waals surface area contributed by atoms with Gasteiger partial charge in [0, 0.05) is 41.5 Å². The largest absolute Gasteiger partial charge is 0.481 e. The molecule has 0 saturated heterocycles. The Morgan fingerprint density at radius 3 is 1.05 bits per heavy atom. The maximum Gasteiger partial charge on any atom is 0.300 e. The number of hydrogen-bond acceptors (Lipinski definition) is 6. The van der Waals surface area contributed by atoms with Gasteiger partial charge in [0.25, 0.3) is 5.97 Å². The molecule has 7 heteroatoms. The van der Waals surface area contributed by atoms with Crippen molar-refractivity contribution in [1.29, 1.82) is 0 Å². The first-order valence-electron chi connectivity index (χ1n) is 5.53. The summed E-state index contributed by atoms with van der Waals surface area (Å²) < 4.78 is 8.50. The Morgan fingerprint density at radius 1 is 1.00 bits per heavy atom. The first-order chi connectivity index (χ1) is 8.56. The lowest BCUT2D eigenvalue weighted by molar-refractivity contribution is -0.134. The molecule has 0 aliphatic heterocycles. The highest BCUT2D eigenvalue weighted by molar-refractivity contribution is 5.62. The highest BCUT2D eigenvalue weighted by atomic mass is 16.5. The van der Waals surface area contributed by atoms with Gasteiger partial charge in [0.1, 0.15) is 0 Å². The number of aliphatic carboxylic acids is 1. The summed E-state index contributed by atoms with van der Waals surface area (Å²) in [6.07, 6.45) is -0.727. The molecule has 0 amide bonds. The minimum Gasteiger partial charge on any atom is -0.481 e. The van der Waals surface area contributed by atoms with E-state index in [2.05, 4.69) is 9.47 Å². The highest BCUT2D eigenvalue weighted by Crippen LogP contribution is 1.68. The maximum atomic E-state index is 9.00. The smallest absolute Gasteiger partial charge is 0.300 e. The van der Waals surface area contributed by atoms with Crippen molar-refractivity contribution in [3.63, 3.8) is 0 Å². The summed E-state index contributed by atoms with van der Waals surface area (Å²) in [5.41, 5.74) is 0. The van der Waals surface area contributed by atoms with E-state index in [0.29, 0.717) is 0 Å². The molecule has 0 aromatic rings. The van der Waals surface area contributed by atoms with E-state index in [1.54, 1.807) is 42.3 Å².